The molecule has 2 aliphatic heterocycles. The summed E-state index contributed by atoms with van der Waals surface area (Å²) in [6.07, 6.45) is 2.13. The minimum atomic E-state index is -0.322. The molecule has 0 unspecified atom stereocenters. The first-order valence-corrected chi connectivity index (χ1v) is 12.6. The van der Waals surface area contributed by atoms with Crippen LogP contribution in [-0.4, -0.2) is 70.8 Å². The first kappa shape index (κ1) is 24.3. The zero-order valence-corrected chi connectivity index (χ0v) is 20.6. The molecule has 0 radical (unpaired) electrons. The fourth-order valence-corrected chi connectivity index (χ4v) is 5.54. The van der Waals surface area contributed by atoms with Gasteiger partial charge in [0, 0.05) is 43.6 Å². The number of nitrogens with zero attached hydrogens (tertiary/aromatic N) is 3. The van der Waals surface area contributed by atoms with Crippen molar-refractivity contribution >= 4 is 17.2 Å². The zero-order valence-electron chi connectivity index (χ0n) is 19.8. The summed E-state index contributed by atoms with van der Waals surface area (Å²) in [4.78, 5) is 22.0. The van der Waals surface area contributed by atoms with Crippen molar-refractivity contribution in [2.24, 2.45) is 0 Å². The maximum absolute atomic E-state index is 14.0. The molecule has 0 aliphatic carbocycles. The van der Waals surface area contributed by atoms with Crippen LogP contribution in [0, 0.1) is 5.82 Å². The number of likely N-dealkylation sites (tertiary alicyclic amines) is 1. The van der Waals surface area contributed by atoms with Crippen LogP contribution in [0.5, 0.6) is 0 Å². The zero-order chi connectivity index (χ0) is 23.6. The molecule has 2 fully saturated rings. The summed E-state index contributed by atoms with van der Waals surface area (Å²) in [5.74, 6) is -0.270. The first-order chi connectivity index (χ1) is 15.7. The van der Waals surface area contributed by atoms with Crippen LogP contribution in [0.25, 0.3) is 0 Å². The summed E-state index contributed by atoms with van der Waals surface area (Å²) in [5.41, 5.74) is 1.89. The summed E-state index contributed by atoms with van der Waals surface area (Å²) >= 11 is 1.54. The summed E-state index contributed by atoms with van der Waals surface area (Å²) in [5, 5.41) is 12.0. The molecular weight excluding hydrogens is 441 g/mol. The maximum atomic E-state index is 14.0. The van der Waals surface area contributed by atoms with Crippen molar-refractivity contribution in [2.45, 2.75) is 57.6 Å². The van der Waals surface area contributed by atoms with Gasteiger partial charge in [-0.1, -0.05) is 26.8 Å². The summed E-state index contributed by atoms with van der Waals surface area (Å²) < 4.78 is 20.2. The Balaban J connectivity index is 1.36. The highest BCUT2D eigenvalue weighted by molar-refractivity contribution is 7.10. The van der Waals surface area contributed by atoms with Crippen molar-refractivity contribution in [3.05, 3.63) is 51.2 Å². The van der Waals surface area contributed by atoms with Gasteiger partial charge in [-0.3, -0.25) is 9.69 Å². The van der Waals surface area contributed by atoms with Gasteiger partial charge < -0.3 is 14.7 Å². The number of rotatable bonds is 5. The molecule has 2 saturated heterocycles. The molecule has 0 bridgehead atoms. The Kier molecular flexibility index (Phi) is 7.19. The fourth-order valence-electron chi connectivity index (χ4n) is 4.66. The molecule has 2 aromatic rings. The second kappa shape index (κ2) is 9.78. The molecule has 1 aromatic carbocycles. The average Bonchev–Trinajstić information content (AvgIpc) is 3.26. The third kappa shape index (κ3) is 5.80. The number of carbonyl (C=O) groups is 1. The van der Waals surface area contributed by atoms with Crippen LogP contribution >= 0.6 is 11.3 Å². The molecule has 180 valence electrons. The predicted octanol–water partition coefficient (Wildman–Crippen LogP) is 3.62. The number of hydrogen-bond donors (Lipinski definition) is 1. The Morgan fingerprint density at radius 2 is 1.94 bits per heavy atom. The van der Waals surface area contributed by atoms with Gasteiger partial charge in [0.25, 0.3) is 5.91 Å². The van der Waals surface area contributed by atoms with E-state index in [1.165, 1.54) is 6.07 Å². The normalized spacial score (nSPS) is 19.2. The van der Waals surface area contributed by atoms with Crippen LogP contribution in [0.4, 0.5) is 4.39 Å². The van der Waals surface area contributed by atoms with E-state index < -0.39 is 0 Å². The molecule has 1 aromatic heterocycles. The van der Waals surface area contributed by atoms with Crippen LogP contribution in [0.15, 0.2) is 23.6 Å². The quantitative estimate of drug-likeness (QED) is 0.716. The topological polar surface area (TPSA) is 65.9 Å². The molecule has 1 amide bonds. The number of carbonyl (C=O) groups excluding carboxylic acids is 1. The SMILES string of the molecule is CC(C)(C)c1nc(C(=O)N2CCOC3(CCN(Cc4cc(F)cc(CCO)c4)CC3)C2)cs1. The molecule has 3 heterocycles. The van der Waals surface area contributed by atoms with Gasteiger partial charge in [-0.05, 0) is 42.5 Å². The fraction of sp³-hybridized carbons (Fsp3) is 0.600. The predicted molar refractivity (Wildman–Crippen MR) is 127 cm³/mol. The molecule has 4 rings (SSSR count). The molecule has 0 saturated carbocycles. The first-order valence-electron chi connectivity index (χ1n) is 11.7. The van der Waals surface area contributed by atoms with Gasteiger partial charge in [0.2, 0.25) is 0 Å². The minimum Gasteiger partial charge on any atom is -0.396 e. The van der Waals surface area contributed by atoms with Crippen LogP contribution < -0.4 is 0 Å². The largest absolute Gasteiger partial charge is 0.396 e. The van der Waals surface area contributed by atoms with E-state index >= 15 is 0 Å². The number of piperidine rings is 1. The van der Waals surface area contributed by atoms with Crippen molar-refractivity contribution in [1.29, 1.82) is 0 Å². The van der Waals surface area contributed by atoms with Crippen molar-refractivity contribution < 1.29 is 19.0 Å². The van der Waals surface area contributed by atoms with Gasteiger partial charge in [-0.15, -0.1) is 11.3 Å². The minimum absolute atomic E-state index is 0.0111. The summed E-state index contributed by atoms with van der Waals surface area (Å²) in [7, 11) is 0. The van der Waals surface area contributed by atoms with E-state index in [9.17, 15) is 9.18 Å². The number of aromatic nitrogens is 1. The van der Waals surface area contributed by atoms with Gasteiger partial charge in [0.05, 0.1) is 23.8 Å². The number of morpholine rings is 1. The maximum Gasteiger partial charge on any atom is 0.273 e. The lowest BCUT2D eigenvalue weighted by Crippen LogP contribution is -2.58. The number of aliphatic hydroxyl groups is 1. The lowest BCUT2D eigenvalue weighted by Gasteiger charge is -2.47. The third-order valence-electron chi connectivity index (χ3n) is 6.49. The second-order valence-electron chi connectivity index (χ2n) is 10.3. The van der Waals surface area contributed by atoms with E-state index in [1.54, 1.807) is 17.4 Å². The van der Waals surface area contributed by atoms with Crippen LogP contribution in [0.3, 0.4) is 0 Å². The van der Waals surface area contributed by atoms with Crippen molar-refractivity contribution in [3.8, 4) is 0 Å². The lowest BCUT2D eigenvalue weighted by atomic mass is 9.89. The Labute approximate surface area is 199 Å². The monoisotopic (exact) mass is 475 g/mol. The molecule has 1 spiro atoms. The van der Waals surface area contributed by atoms with Gasteiger partial charge in [0.1, 0.15) is 11.5 Å². The average molecular weight is 476 g/mol. The Hall–Kier alpha value is -1.87. The molecule has 1 N–H and O–H groups in total. The Morgan fingerprint density at radius 1 is 1.21 bits per heavy atom. The number of halogens is 1. The molecule has 33 heavy (non-hydrogen) atoms. The van der Waals surface area contributed by atoms with E-state index in [2.05, 4.69) is 30.7 Å². The van der Waals surface area contributed by atoms with Gasteiger partial charge >= 0.3 is 0 Å². The number of aliphatic hydroxyl groups excluding tert-OH is 1. The molecule has 2 aliphatic rings. The highest BCUT2D eigenvalue weighted by atomic mass is 32.1. The van der Waals surface area contributed by atoms with E-state index in [0.29, 0.717) is 38.4 Å². The standard InChI is InChI=1S/C25H34FN3O3S/c1-24(2,3)23-27-21(16-33-23)22(31)29-9-11-32-25(17-29)5-7-28(8-6-25)15-19-12-18(4-10-30)13-20(26)14-19/h12-14,16,30H,4-11,15,17H2,1-3H3. The van der Waals surface area contributed by atoms with E-state index in [4.69, 9.17) is 9.84 Å². The summed E-state index contributed by atoms with van der Waals surface area (Å²) in [6, 6.07) is 5.03. The number of benzene rings is 1. The third-order valence-corrected chi connectivity index (χ3v) is 7.76. The van der Waals surface area contributed by atoms with E-state index in [-0.39, 0.29) is 29.3 Å². The van der Waals surface area contributed by atoms with Gasteiger partial charge in [-0.25, -0.2) is 9.37 Å². The molecule has 0 atom stereocenters. The lowest BCUT2D eigenvalue weighted by molar-refractivity contribution is -0.128. The van der Waals surface area contributed by atoms with E-state index in [1.807, 2.05) is 16.3 Å². The molecule has 8 heteroatoms. The highest BCUT2D eigenvalue weighted by Gasteiger charge is 2.41. The van der Waals surface area contributed by atoms with Crippen molar-refractivity contribution in [2.75, 3.05) is 39.4 Å². The number of thiazole rings is 1. The van der Waals surface area contributed by atoms with Gasteiger partial charge in [-0.2, -0.15) is 0 Å². The van der Waals surface area contributed by atoms with Crippen molar-refractivity contribution in [1.82, 2.24) is 14.8 Å². The number of amides is 1. The van der Waals surface area contributed by atoms with Crippen LogP contribution in [0.1, 0.15) is 60.2 Å². The number of ether oxygens (including phenoxy) is 1. The smallest absolute Gasteiger partial charge is 0.273 e. The Bertz CT molecular complexity index is 980. The van der Waals surface area contributed by atoms with Gasteiger partial charge in [0.15, 0.2) is 0 Å². The van der Waals surface area contributed by atoms with E-state index in [0.717, 1.165) is 42.1 Å². The van der Waals surface area contributed by atoms with Crippen LogP contribution in [-0.2, 0) is 23.1 Å². The molecule has 6 nitrogen and oxygen atoms in total. The molecular formula is C25H34FN3O3S. The highest BCUT2D eigenvalue weighted by Crippen LogP contribution is 2.32. The second-order valence-corrected chi connectivity index (χ2v) is 11.1. The van der Waals surface area contributed by atoms with Crippen molar-refractivity contribution in [3.63, 3.8) is 0 Å². The number of hydrogen-bond acceptors (Lipinski definition) is 6. The summed E-state index contributed by atoms with van der Waals surface area (Å²) in [6.45, 7) is 10.4. The van der Waals surface area contributed by atoms with Crippen LogP contribution in [0.2, 0.25) is 0 Å². The Morgan fingerprint density at radius 3 is 2.61 bits per heavy atom.